The highest BCUT2D eigenvalue weighted by molar-refractivity contribution is 6.25. The van der Waals surface area contributed by atoms with Crippen molar-refractivity contribution in [3.05, 3.63) is 54.6 Å². The molecule has 3 nitrogen and oxygen atoms in total. The fraction of sp³-hybridized carbons (Fsp3) is 0.105. The monoisotopic (exact) mass is 289 g/mol. The van der Waals surface area contributed by atoms with Crippen molar-refractivity contribution in [1.29, 1.82) is 0 Å². The van der Waals surface area contributed by atoms with Crippen molar-refractivity contribution >= 4 is 44.0 Å². The second-order valence-corrected chi connectivity index (χ2v) is 5.67. The molecule has 0 aromatic heterocycles. The van der Waals surface area contributed by atoms with Crippen molar-refractivity contribution in [1.82, 2.24) is 0 Å². The van der Waals surface area contributed by atoms with Gasteiger partial charge in [0.05, 0.1) is 0 Å². The van der Waals surface area contributed by atoms with Gasteiger partial charge in [-0.2, -0.15) is 0 Å². The second kappa shape index (κ2) is 4.60. The number of benzene rings is 4. The number of carboxylic acid groups (broad SMARTS) is 1. The largest absolute Gasteiger partial charge is 0.480 e. The molecule has 4 rings (SSSR count). The topological polar surface area (TPSA) is 49.3 Å². The number of carboxylic acids is 1. The maximum atomic E-state index is 11.1. The molecule has 0 bridgehead atoms. The summed E-state index contributed by atoms with van der Waals surface area (Å²) in [6, 6.07) is 18.1. The molecule has 0 aliphatic heterocycles. The smallest absolute Gasteiger partial charge is 0.325 e. The SMILES string of the molecule is C[C@@H](Nc1ccc2ccc3cccc4ccc1c2c34)C(=O)O. The van der Waals surface area contributed by atoms with Gasteiger partial charge in [0.25, 0.3) is 0 Å². The van der Waals surface area contributed by atoms with E-state index in [1.165, 1.54) is 26.9 Å². The first-order chi connectivity index (χ1) is 10.6. The van der Waals surface area contributed by atoms with Crippen molar-refractivity contribution in [3.63, 3.8) is 0 Å². The summed E-state index contributed by atoms with van der Waals surface area (Å²) >= 11 is 0. The van der Waals surface area contributed by atoms with E-state index in [1.54, 1.807) is 6.92 Å². The zero-order valence-electron chi connectivity index (χ0n) is 12.1. The van der Waals surface area contributed by atoms with E-state index in [0.29, 0.717) is 0 Å². The molecule has 4 aromatic carbocycles. The number of anilines is 1. The van der Waals surface area contributed by atoms with Gasteiger partial charge < -0.3 is 10.4 Å². The van der Waals surface area contributed by atoms with Crippen LogP contribution in [0.3, 0.4) is 0 Å². The predicted molar refractivity (Wildman–Crippen MR) is 90.9 cm³/mol. The van der Waals surface area contributed by atoms with Crippen LogP contribution in [0, 0.1) is 0 Å². The summed E-state index contributed by atoms with van der Waals surface area (Å²) in [5.41, 5.74) is 0.862. The lowest BCUT2D eigenvalue weighted by molar-refractivity contribution is -0.137. The maximum absolute atomic E-state index is 11.1. The highest BCUT2D eigenvalue weighted by Gasteiger charge is 2.14. The molecule has 0 saturated carbocycles. The maximum Gasteiger partial charge on any atom is 0.325 e. The summed E-state index contributed by atoms with van der Waals surface area (Å²) in [6.45, 7) is 1.65. The van der Waals surface area contributed by atoms with Crippen molar-refractivity contribution in [3.8, 4) is 0 Å². The third-order valence-corrected chi connectivity index (χ3v) is 4.27. The zero-order chi connectivity index (χ0) is 15.3. The molecule has 1 atom stereocenters. The van der Waals surface area contributed by atoms with Gasteiger partial charge in [-0.1, -0.05) is 48.5 Å². The van der Waals surface area contributed by atoms with Gasteiger partial charge in [0.2, 0.25) is 0 Å². The van der Waals surface area contributed by atoms with Gasteiger partial charge in [0.1, 0.15) is 6.04 Å². The quantitative estimate of drug-likeness (QED) is 0.547. The Morgan fingerprint density at radius 1 is 0.909 bits per heavy atom. The Bertz CT molecular complexity index is 990. The summed E-state index contributed by atoms with van der Waals surface area (Å²) in [6.07, 6.45) is 0. The standard InChI is InChI=1S/C19H15NO2/c1-11(19(21)22)20-16-10-8-14-6-5-12-3-2-4-13-7-9-15(16)18(14)17(12)13/h2-11,20H,1H3,(H,21,22)/t11-/m1/s1. The van der Waals surface area contributed by atoms with E-state index < -0.39 is 12.0 Å². The zero-order valence-corrected chi connectivity index (χ0v) is 12.1. The molecule has 0 spiro atoms. The van der Waals surface area contributed by atoms with Gasteiger partial charge >= 0.3 is 5.97 Å². The number of carbonyl (C=O) groups is 1. The number of aliphatic carboxylic acids is 1. The molecule has 0 heterocycles. The summed E-state index contributed by atoms with van der Waals surface area (Å²) in [5.74, 6) is -0.856. The lowest BCUT2D eigenvalue weighted by atomic mass is 9.93. The molecule has 2 N–H and O–H groups in total. The Hall–Kier alpha value is -2.81. The summed E-state index contributed by atoms with van der Waals surface area (Å²) in [4.78, 5) is 11.1. The first kappa shape index (κ1) is 12.9. The predicted octanol–water partition coefficient (Wildman–Crippen LogP) is 4.47. The Morgan fingerprint density at radius 3 is 2.18 bits per heavy atom. The van der Waals surface area contributed by atoms with E-state index in [2.05, 4.69) is 47.8 Å². The van der Waals surface area contributed by atoms with Gasteiger partial charge in [-0.05, 0) is 39.9 Å². The van der Waals surface area contributed by atoms with E-state index in [0.717, 1.165) is 11.1 Å². The molecule has 22 heavy (non-hydrogen) atoms. The minimum absolute atomic E-state index is 0.626. The first-order valence-corrected chi connectivity index (χ1v) is 7.31. The van der Waals surface area contributed by atoms with E-state index in [1.807, 2.05) is 12.1 Å². The van der Waals surface area contributed by atoms with Crippen LogP contribution in [0.25, 0.3) is 32.3 Å². The van der Waals surface area contributed by atoms with Crippen molar-refractivity contribution < 1.29 is 9.90 Å². The molecule has 4 aromatic rings. The average molecular weight is 289 g/mol. The van der Waals surface area contributed by atoms with Crippen LogP contribution in [0.15, 0.2) is 54.6 Å². The van der Waals surface area contributed by atoms with E-state index in [9.17, 15) is 4.79 Å². The van der Waals surface area contributed by atoms with Crippen LogP contribution in [0.2, 0.25) is 0 Å². The van der Waals surface area contributed by atoms with Crippen LogP contribution in [0.5, 0.6) is 0 Å². The molecule has 0 aliphatic carbocycles. The minimum atomic E-state index is -0.856. The van der Waals surface area contributed by atoms with E-state index >= 15 is 0 Å². The van der Waals surface area contributed by atoms with Gasteiger partial charge in [-0.25, -0.2) is 0 Å². The average Bonchev–Trinajstić information content (AvgIpc) is 2.53. The fourth-order valence-corrected chi connectivity index (χ4v) is 3.16. The van der Waals surface area contributed by atoms with Crippen LogP contribution in [0.4, 0.5) is 5.69 Å². The normalized spacial score (nSPS) is 13.0. The Morgan fingerprint density at radius 2 is 1.50 bits per heavy atom. The number of hydrogen-bond donors (Lipinski definition) is 2. The molecule has 0 fully saturated rings. The van der Waals surface area contributed by atoms with Crippen molar-refractivity contribution in [2.24, 2.45) is 0 Å². The Balaban J connectivity index is 2.06. The molecule has 0 unspecified atom stereocenters. The van der Waals surface area contributed by atoms with Crippen molar-refractivity contribution in [2.75, 3.05) is 5.32 Å². The van der Waals surface area contributed by atoms with Crippen LogP contribution in [-0.2, 0) is 4.79 Å². The highest BCUT2D eigenvalue weighted by Crippen LogP contribution is 2.37. The third-order valence-electron chi connectivity index (χ3n) is 4.27. The molecule has 0 saturated heterocycles. The molecule has 0 amide bonds. The minimum Gasteiger partial charge on any atom is -0.480 e. The second-order valence-electron chi connectivity index (χ2n) is 5.67. The third kappa shape index (κ3) is 1.79. The lowest BCUT2D eigenvalue weighted by Gasteiger charge is -2.16. The van der Waals surface area contributed by atoms with Crippen LogP contribution < -0.4 is 5.32 Å². The molecular weight excluding hydrogens is 274 g/mol. The molecule has 108 valence electrons. The Kier molecular flexibility index (Phi) is 2.70. The summed E-state index contributed by atoms with van der Waals surface area (Å²) in [5, 5.41) is 19.3. The molecular formula is C19H15NO2. The van der Waals surface area contributed by atoms with Gasteiger partial charge in [0, 0.05) is 11.1 Å². The van der Waals surface area contributed by atoms with Crippen molar-refractivity contribution in [2.45, 2.75) is 13.0 Å². The molecule has 0 radical (unpaired) electrons. The summed E-state index contributed by atoms with van der Waals surface area (Å²) in [7, 11) is 0. The fourth-order valence-electron chi connectivity index (χ4n) is 3.16. The Labute approximate surface area is 127 Å². The van der Waals surface area contributed by atoms with Crippen LogP contribution >= 0.6 is 0 Å². The number of rotatable bonds is 3. The van der Waals surface area contributed by atoms with Gasteiger partial charge in [-0.3, -0.25) is 4.79 Å². The lowest BCUT2D eigenvalue weighted by Crippen LogP contribution is -2.25. The van der Waals surface area contributed by atoms with Crippen LogP contribution in [-0.4, -0.2) is 17.1 Å². The molecule has 3 heteroatoms. The highest BCUT2D eigenvalue weighted by atomic mass is 16.4. The van der Waals surface area contributed by atoms with Crippen LogP contribution in [0.1, 0.15) is 6.92 Å². The van der Waals surface area contributed by atoms with Gasteiger partial charge in [0.15, 0.2) is 0 Å². The van der Waals surface area contributed by atoms with E-state index in [4.69, 9.17) is 5.11 Å². The van der Waals surface area contributed by atoms with Gasteiger partial charge in [-0.15, -0.1) is 0 Å². The van der Waals surface area contributed by atoms with E-state index in [-0.39, 0.29) is 0 Å². The molecule has 0 aliphatic rings. The first-order valence-electron chi connectivity index (χ1n) is 7.31. The summed E-state index contributed by atoms with van der Waals surface area (Å²) < 4.78 is 0. The number of nitrogens with one attached hydrogen (secondary N) is 1. The number of hydrogen-bond acceptors (Lipinski definition) is 2.